The number of hydrogen-bond donors (Lipinski definition) is 1. The molecule has 1 aromatic heterocycles. The van der Waals surface area contributed by atoms with Crippen LogP contribution in [0.1, 0.15) is 42.8 Å². The van der Waals surface area contributed by atoms with Crippen molar-refractivity contribution >= 4 is 0 Å². The molecule has 1 saturated heterocycles. The summed E-state index contributed by atoms with van der Waals surface area (Å²) < 4.78 is 0. The van der Waals surface area contributed by atoms with Gasteiger partial charge in [-0.1, -0.05) is 6.42 Å². The average Bonchev–Trinajstić information content (AvgIpc) is 2.77. The van der Waals surface area contributed by atoms with E-state index in [0.29, 0.717) is 6.04 Å². The first-order valence-corrected chi connectivity index (χ1v) is 6.49. The van der Waals surface area contributed by atoms with Gasteiger partial charge in [0.15, 0.2) is 0 Å². The maximum absolute atomic E-state index is 4.70. The van der Waals surface area contributed by atoms with Crippen molar-refractivity contribution in [1.29, 1.82) is 0 Å². The summed E-state index contributed by atoms with van der Waals surface area (Å²) in [5.41, 5.74) is 2.68. The first-order valence-electron chi connectivity index (χ1n) is 6.49. The van der Waals surface area contributed by atoms with Crippen LogP contribution in [0.15, 0.2) is 6.20 Å². The number of aryl methyl sites for hydroxylation is 2. The van der Waals surface area contributed by atoms with Gasteiger partial charge in [0.1, 0.15) is 5.82 Å². The van der Waals surface area contributed by atoms with E-state index in [4.69, 9.17) is 4.98 Å². The Balaban J connectivity index is 1.69. The van der Waals surface area contributed by atoms with Gasteiger partial charge in [-0.05, 0) is 44.2 Å². The summed E-state index contributed by atoms with van der Waals surface area (Å²) >= 11 is 0. The van der Waals surface area contributed by atoms with Gasteiger partial charge < -0.3 is 5.32 Å². The van der Waals surface area contributed by atoms with Gasteiger partial charge in [0.05, 0.1) is 0 Å². The quantitative estimate of drug-likeness (QED) is 0.818. The lowest BCUT2D eigenvalue weighted by Gasteiger charge is -2.22. The summed E-state index contributed by atoms with van der Waals surface area (Å²) in [6, 6.07) is 0.605. The summed E-state index contributed by atoms with van der Waals surface area (Å²) in [5.74, 6) is 1.04. The van der Waals surface area contributed by atoms with Crippen LogP contribution in [0.2, 0.25) is 0 Å². The number of nitrogens with zero attached hydrogens (tertiary/aromatic N) is 2. The summed E-state index contributed by atoms with van der Waals surface area (Å²) in [5, 5.41) is 3.56. The molecule has 1 aliphatic heterocycles. The second-order valence-corrected chi connectivity index (χ2v) is 4.96. The Bertz CT molecular complexity index is 369. The number of rotatable bonds is 2. The molecule has 0 amide bonds. The SMILES string of the molecule is c1nc(CC2CCCCN2)nc2c1CCC2. The summed E-state index contributed by atoms with van der Waals surface area (Å²) in [4.78, 5) is 9.19. The highest BCUT2D eigenvalue weighted by Crippen LogP contribution is 2.19. The van der Waals surface area contributed by atoms with E-state index >= 15 is 0 Å². The molecule has 1 aliphatic carbocycles. The minimum atomic E-state index is 0.605. The molecule has 1 unspecified atom stereocenters. The predicted molar refractivity (Wildman–Crippen MR) is 63.4 cm³/mol. The van der Waals surface area contributed by atoms with Crippen LogP contribution < -0.4 is 5.32 Å². The third-order valence-electron chi connectivity index (χ3n) is 3.71. The second-order valence-electron chi connectivity index (χ2n) is 4.96. The summed E-state index contributed by atoms with van der Waals surface area (Å²) in [6.45, 7) is 1.16. The van der Waals surface area contributed by atoms with Crippen LogP contribution in [0.25, 0.3) is 0 Å². The monoisotopic (exact) mass is 217 g/mol. The predicted octanol–water partition coefficient (Wildman–Crippen LogP) is 1.65. The van der Waals surface area contributed by atoms with Gasteiger partial charge in [0.25, 0.3) is 0 Å². The number of hydrogen-bond acceptors (Lipinski definition) is 3. The number of piperidine rings is 1. The zero-order chi connectivity index (χ0) is 10.8. The molecule has 16 heavy (non-hydrogen) atoms. The van der Waals surface area contributed by atoms with Gasteiger partial charge in [0, 0.05) is 24.4 Å². The maximum atomic E-state index is 4.70. The Morgan fingerprint density at radius 1 is 1.25 bits per heavy atom. The van der Waals surface area contributed by atoms with E-state index in [-0.39, 0.29) is 0 Å². The zero-order valence-corrected chi connectivity index (χ0v) is 9.71. The van der Waals surface area contributed by atoms with Gasteiger partial charge in [-0.2, -0.15) is 0 Å². The largest absolute Gasteiger partial charge is 0.314 e. The van der Waals surface area contributed by atoms with E-state index in [0.717, 1.165) is 25.2 Å². The normalized spacial score (nSPS) is 24.4. The molecule has 1 atom stereocenters. The molecular formula is C13H19N3. The molecule has 1 aromatic rings. The van der Waals surface area contributed by atoms with Crippen LogP contribution in [0.5, 0.6) is 0 Å². The van der Waals surface area contributed by atoms with Gasteiger partial charge in [-0.25, -0.2) is 9.97 Å². The molecule has 3 heteroatoms. The summed E-state index contributed by atoms with van der Waals surface area (Å²) in [7, 11) is 0. The van der Waals surface area contributed by atoms with E-state index in [1.165, 1.54) is 43.4 Å². The number of nitrogens with one attached hydrogen (secondary N) is 1. The van der Waals surface area contributed by atoms with E-state index in [1.54, 1.807) is 0 Å². The van der Waals surface area contributed by atoms with Crippen molar-refractivity contribution < 1.29 is 0 Å². The van der Waals surface area contributed by atoms with Crippen LogP contribution in [0, 0.1) is 0 Å². The van der Waals surface area contributed by atoms with Crippen molar-refractivity contribution in [3.63, 3.8) is 0 Å². The molecule has 3 nitrogen and oxygen atoms in total. The first kappa shape index (κ1) is 10.2. The minimum absolute atomic E-state index is 0.605. The van der Waals surface area contributed by atoms with Crippen LogP contribution in [0.4, 0.5) is 0 Å². The standard InChI is InChI=1S/C13H19N3/c1-2-7-14-11(5-1)8-13-15-9-10-4-3-6-12(10)16-13/h9,11,14H,1-8H2. The summed E-state index contributed by atoms with van der Waals surface area (Å²) in [6.07, 6.45) is 10.6. The molecule has 2 heterocycles. The molecule has 0 aromatic carbocycles. The van der Waals surface area contributed by atoms with Crippen molar-refractivity contribution in [2.75, 3.05) is 6.54 Å². The lowest BCUT2D eigenvalue weighted by atomic mass is 10.0. The van der Waals surface area contributed by atoms with Gasteiger partial charge in [0.2, 0.25) is 0 Å². The molecule has 0 saturated carbocycles. The smallest absolute Gasteiger partial charge is 0.130 e. The lowest BCUT2D eigenvalue weighted by molar-refractivity contribution is 0.394. The van der Waals surface area contributed by atoms with Gasteiger partial charge >= 0.3 is 0 Å². The average molecular weight is 217 g/mol. The van der Waals surface area contributed by atoms with Gasteiger partial charge in [-0.3, -0.25) is 0 Å². The highest BCUT2D eigenvalue weighted by molar-refractivity contribution is 5.22. The van der Waals surface area contributed by atoms with Crippen molar-refractivity contribution in [2.24, 2.45) is 0 Å². The lowest BCUT2D eigenvalue weighted by Crippen LogP contribution is -2.36. The minimum Gasteiger partial charge on any atom is -0.314 e. The topological polar surface area (TPSA) is 37.8 Å². The van der Waals surface area contributed by atoms with Crippen LogP contribution >= 0.6 is 0 Å². The molecule has 0 spiro atoms. The highest BCUT2D eigenvalue weighted by atomic mass is 14.9. The number of aromatic nitrogens is 2. The molecule has 1 N–H and O–H groups in total. The van der Waals surface area contributed by atoms with E-state index < -0.39 is 0 Å². The van der Waals surface area contributed by atoms with Crippen molar-refractivity contribution in [3.05, 3.63) is 23.3 Å². The van der Waals surface area contributed by atoms with Crippen molar-refractivity contribution in [2.45, 2.75) is 51.0 Å². The Kier molecular flexibility index (Phi) is 2.87. The van der Waals surface area contributed by atoms with Crippen LogP contribution in [-0.2, 0) is 19.3 Å². The first-order chi connectivity index (χ1) is 7.92. The third kappa shape index (κ3) is 2.09. The Morgan fingerprint density at radius 3 is 3.12 bits per heavy atom. The highest BCUT2D eigenvalue weighted by Gasteiger charge is 2.17. The Labute approximate surface area is 96.7 Å². The van der Waals surface area contributed by atoms with Crippen molar-refractivity contribution in [1.82, 2.24) is 15.3 Å². The maximum Gasteiger partial charge on any atom is 0.130 e. The molecule has 86 valence electrons. The van der Waals surface area contributed by atoms with Crippen LogP contribution in [-0.4, -0.2) is 22.6 Å². The number of fused-ring (bicyclic) bond motifs is 1. The van der Waals surface area contributed by atoms with Crippen LogP contribution in [0.3, 0.4) is 0 Å². The van der Waals surface area contributed by atoms with Crippen molar-refractivity contribution in [3.8, 4) is 0 Å². The Hall–Kier alpha value is -0.960. The molecular weight excluding hydrogens is 198 g/mol. The van der Waals surface area contributed by atoms with E-state index in [9.17, 15) is 0 Å². The van der Waals surface area contributed by atoms with E-state index in [2.05, 4.69) is 10.3 Å². The van der Waals surface area contributed by atoms with E-state index in [1.807, 2.05) is 6.20 Å². The molecule has 3 rings (SSSR count). The third-order valence-corrected chi connectivity index (χ3v) is 3.71. The van der Waals surface area contributed by atoms with Gasteiger partial charge in [-0.15, -0.1) is 0 Å². The molecule has 0 radical (unpaired) electrons. The fourth-order valence-electron chi connectivity index (χ4n) is 2.77. The fourth-order valence-corrected chi connectivity index (χ4v) is 2.77. The molecule has 1 fully saturated rings. The zero-order valence-electron chi connectivity index (χ0n) is 9.71. The Morgan fingerprint density at radius 2 is 2.25 bits per heavy atom. The molecule has 0 bridgehead atoms. The fraction of sp³-hybridized carbons (Fsp3) is 0.692. The molecule has 2 aliphatic rings. The second kappa shape index (κ2) is 4.50.